The molecular weight excluding hydrogens is 727 g/mol. The number of aromatic amines is 2. The van der Waals surface area contributed by atoms with Gasteiger partial charge in [-0.05, 0) is 85.4 Å². The Morgan fingerprint density at radius 3 is 2.21 bits per heavy atom. The van der Waals surface area contributed by atoms with E-state index in [2.05, 4.69) is 88.8 Å². The number of hydrogen-bond donors (Lipinski definition) is 3. The van der Waals surface area contributed by atoms with E-state index in [-0.39, 0.29) is 24.0 Å². The number of rotatable bonds is 8. The van der Waals surface area contributed by atoms with Crippen LogP contribution in [0.25, 0.3) is 44.4 Å². The molecule has 2 saturated heterocycles. The van der Waals surface area contributed by atoms with Gasteiger partial charge in [-0.15, -0.1) is 10.2 Å². The van der Waals surface area contributed by atoms with Crippen molar-refractivity contribution in [1.29, 1.82) is 0 Å². The Hall–Kier alpha value is -5.56. The van der Waals surface area contributed by atoms with Crippen molar-refractivity contribution < 1.29 is 23.9 Å². The highest BCUT2D eigenvalue weighted by Gasteiger charge is 2.41. The van der Waals surface area contributed by atoms with Gasteiger partial charge in [-0.3, -0.25) is 9.10 Å². The van der Waals surface area contributed by atoms with Crippen LogP contribution in [0, 0.1) is 5.92 Å². The van der Waals surface area contributed by atoms with Crippen LogP contribution in [0.1, 0.15) is 59.3 Å². The lowest BCUT2D eigenvalue weighted by atomic mass is 9.98. The molecule has 0 aliphatic carbocycles. The molecule has 0 saturated carbocycles. The smallest absolute Gasteiger partial charge is 0.419 e. The van der Waals surface area contributed by atoms with Crippen molar-refractivity contribution in [3.8, 4) is 33.6 Å². The fourth-order valence-electron chi connectivity index (χ4n) is 7.48. The number of nitrogens with zero attached hydrogens (tertiary/aromatic N) is 4. The van der Waals surface area contributed by atoms with Crippen molar-refractivity contribution in [3.63, 3.8) is 0 Å². The Balaban J connectivity index is 1.05. The summed E-state index contributed by atoms with van der Waals surface area (Å²) in [4.78, 5) is 57.0. The molecule has 13 heteroatoms. The number of likely N-dealkylation sites (tertiary alicyclic amines) is 1. The van der Waals surface area contributed by atoms with Crippen LogP contribution in [0.15, 0.2) is 90.4 Å². The minimum Gasteiger partial charge on any atom is -0.453 e. The Kier molecular flexibility index (Phi) is 10.5. The number of nitrogens with one attached hydrogen (secondary N) is 3. The summed E-state index contributed by atoms with van der Waals surface area (Å²) in [6, 6.07) is 20.2. The molecule has 2 aliphatic heterocycles. The van der Waals surface area contributed by atoms with E-state index in [0.29, 0.717) is 25.3 Å². The van der Waals surface area contributed by atoms with Gasteiger partial charge in [0.25, 0.3) is 0 Å². The van der Waals surface area contributed by atoms with E-state index >= 15 is 0 Å². The molecule has 3 N–H and O–H groups in total. The molecule has 0 bridgehead atoms. The van der Waals surface area contributed by atoms with E-state index in [4.69, 9.17) is 19.4 Å². The van der Waals surface area contributed by atoms with Crippen LogP contribution in [0.5, 0.6) is 0 Å². The van der Waals surface area contributed by atoms with Gasteiger partial charge in [0.15, 0.2) is 5.16 Å². The molecule has 4 heterocycles. The first kappa shape index (κ1) is 38.7. The number of imidazole rings is 2. The average molecular weight is 778 g/mol. The lowest BCUT2D eigenvalue weighted by Crippen LogP contribution is -2.51. The summed E-state index contributed by atoms with van der Waals surface area (Å²) in [5, 5.41) is 5.73. The van der Waals surface area contributed by atoms with Crippen LogP contribution in [-0.2, 0) is 14.3 Å². The second-order valence-electron chi connectivity index (χ2n) is 16.1. The van der Waals surface area contributed by atoms with Crippen molar-refractivity contribution in [2.75, 3.05) is 32.2 Å². The zero-order valence-electron chi connectivity index (χ0n) is 33.1. The topological polar surface area (TPSA) is 146 Å². The van der Waals surface area contributed by atoms with Crippen molar-refractivity contribution in [2.24, 2.45) is 5.92 Å². The van der Waals surface area contributed by atoms with Gasteiger partial charge in [-0.2, -0.15) is 0 Å². The molecule has 0 radical (unpaired) electrons. The lowest BCUT2D eigenvalue weighted by Gasteiger charge is -2.38. The molecule has 5 aromatic rings. The summed E-state index contributed by atoms with van der Waals surface area (Å²) >= 11 is 0. The minimum absolute atomic E-state index is 0.135. The van der Waals surface area contributed by atoms with Gasteiger partial charge >= 0.3 is 12.2 Å². The van der Waals surface area contributed by atoms with E-state index in [1.54, 1.807) is 11.1 Å². The Morgan fingerprint density at radius 2 is 1.54 bits per heavy atom. The van der Waals surface area contributed by atoms with Crippen molar-refractivity contribution in [2.45, 2.75) is 70.3 Å². The molecule has 2 aromatic heterocycles. The van der Waals surface area contributed by atoms with E-state index in [0.717, 1.165) is 67.3 Å². The Labute approximate surface area is 329 Å². The number of amides is 3. The van der Waals surface area contributed by atoms with Gasteiger partial charge in [-0.25, -0.2) is 19.6 Å². The van der Waals surface area contributed by atoms with Crippen LogP contribution in [0.2, 0.25) is 0 Å². The third-order valence-corrected chi connectivity index (χ3v) is 13.9. The quantitative estimate of drug-likeness (QED) is 0.134. The van der Waals surface area contributed by atoms with Crippen molar-refractivity contribution in [3.05, 3.63) is 91.0 Å². The van der Waals surface area contributed by atoms with Gasteiger partial charge in [0.1, 0.15) is 17.5 Å². The first-order valence-corrected chi connectivity index (χ1v) is 21.1. The zero-order valence-corrected chi connectivity index (χ0v) is 34.0. The number of carbonyl (C=O) groups excluding carboxylic acids is 3. The van der Waals surface area contributed by atoms with Crippen LogP contribution in [0.3, 0.4) is 0 Å². The maximum atomic E-state index is 13.7. The van der Waals surface area contributed by atoms with E-state index in [9.17, 15) is 14.4 Å². The first-order chi connectivity index (χ1) is 26.6. The highest BCUT2D eigenvalue weighted by atomic mass is 32.3. The van der Waals surface area contributed by atoms with E-state index in [1.165, 1.54) is 7.11 Å². The Bertz CT molecular complexity index is 2290. The minimum atomic E-state index is -1.64. The summed E-state index contributed by atoms with van der Waals surface area (Å²) in [5.41, 5.74) is 6.35. The predicted molar refractivity (Wildman–Crippen MR) is 221 cm³/mol. The average Bonchev–Trinajstić information content (AvgIpc) is 3.99. The highest BCUT2D eigenvalue weighted by molar-refractivity contribution is 8.31. The summed E-state index contributed by atoms with van der Waals surface area (Å²) in [7, 11) is -0.356. The molecule has 3 amide bonds. The van der Waals surface area contributed by atoms with E-state index < -0.39 is 28.0 Å². The third kappa shape index (κ3) is 7.77. The number of benzene rings is 3. The second-order valence-corrected chi connectivity index (χ2v) is 19.4. The van der Waals surface area contributed by atoms with Crippen LogP contribution >= 0.6 is 10.2 Å². The lowest BCUT2D eigenvalue weighted by molar-refractivity contribution is -0.135. The third-order valence-electron chi connectivity index (χ3n) is 10.5. The maximum Gasteiger partial charge on any atom is 0.419 e. The molecule has 294 valence electrons. The number of alkyl carbamates (subject to hydrolysis) is 1. The molecule has 3 aromatic carbocycles. The molecule has 7 rings (SSSR count). The number of H-pyrrole nitrogens is 2. The first-order valence-electron chi connectivity index (χ1n) is 19.0. The molecular formula is C43H51N7O5S. The zero-order chi connectivity index (χ0) is 39.9. The van der Waals surface area contributed by atoms with Crippen LogP contribution in [-0.4, -0.2) is 91.1 Å². The largest absolute Gasteiger partial charge is 0.453 e. The van der Waals surface area contributed by atoms with Crippen LogP contribution < -0.4 is 5.32 Å². The molecule has 12 nitrogen and oxygen atoms in total. The van der Waals surface area contributed by atoms with Gasteiger partial charge in [0.2, 0.25) is 5.91 Å². The number of ether oxygens (including phenoxy) is 2. The summed E-state index contributed by atoms with van der Waals surface area (Å²) in [6.45, 7) is 14.7. The van der Waals surface area contributed by atoms with Crippen molar-refractivity contribution in [1.82, 2.24) is 34.5 Å². The molecule has 1 unspecified atom stereocenters. The molecule has 2 fully saturated rings. The SMILES string of the molecule is C=C1C[C@@H](c2ncc(-c3ccc4cc(-c5ccc(-c6cnc(S7(C)CCCN7C(=O)OC(C)(C)C)[nH]6)cc5)ccc4c3)[nH]2)N(C(=O)[C@@H](NC(=O)OC)C(C)C)C1. The second kappa shape index (κ2) is 15.2. The number of hydrogen-bond acceptors (Lipinski definition) is 7. The number of fused-ring (bicyclic) bond motifs is 1. The summed E-state index contributed by atoms with van der Waals surface area (Å²) in [5.74, 6) is 1.24. The van der Waals surface area contributed by atoms with Gasteiger partial charge in [0, 0.05) is 24.4 Å². The van der Waals surface area contributed by atoms with E-state index in [1.807, 2.05) is 45.1 Å². The molecule has 0 spiro atoms. The van der Waals surface area contributed by atoms with Crippen molar-refractivity contribution >= 4 is 39.1 Å². The normalized spacial score (nSPS) is 20.3. The van der Waals surface area contributed by atoms with Gasteiger partial charge in [-0.1, -0.05) is 74.5 Å². The molecule has 2 aliphatic rings. The fraction of sp³-hybridized carbons (Fsp3) is 0.372. The summed E-state index contributed by atoms with van der Waals surface area (Å²) < 4.78 is 12.4. The maximum absolute atomic E-state index is 13.7. The predicted octanol–water partition coefficient (Wildman–Crippen LogP) is 8.85. The monoisotopic (exact) mass is 777 g/mol. The number of carbonyl (C=O) groups is 3. The Morgan fingerprint density at radius 1 is 0.911 bits per heavy atom. The van der Waals surface area contributed by atoms with Crippen LogP contribution in [0.4, 0.5) is 9.59 Å². The number of methoxy groups -OCH3 is 1. The highest BCUT2D eigenvalue weighted by Crippen LogP contribution is 2.59. The van der Waals surface area contributed by atoms with Gasteiger partial charge < -0.3 is 29.7 Å². The molecule has 3 atom stereocenters. The van der Waals surface area contributed by atoms with Gasteiger partial charge in [0.05, 0.1) is 36.9 Å². The fourth-order valence-corrected chi connectivity index (χ4v) is 10.3. The standard InChI is InChI=1S/C43H51N7O5S/c1-26(2)37(48-41(52)54-7)39(51)49-25-27(3)20-36(49)38-44-23-35(46-38)33-17-16-31-21-30(14-15-32(31)22-33)28-10-12-29(13-11-28)34-24-45-40(47-34)56(8)19-9-18-50(56)42(53)55-43(4,5)6/h10-17,21-24,26,36-37H,3,9,18-20,25H2,1-2,4-8H3,(H,44,46)(H,45,47)(H,48,52)/t36-,37-/m0/s1. The number of aromatic nitrogens is 4. The molecule has 56 heavy (non-hydrogen) atoms. The summed E-state index contributed by atoms with van der Waals surface area (Å²) in [6.07, 6.45) is 6.38.